The molecule has 0 unspecified atom stereocenters. The average Bonchev–Trinajstić information content (AvgIpc) is 3.00. The number of imidazole rings is 1. The van der Waals surface area contributed by atoms with Crippen LogP contribution in [0.4, 0.5) is 5.69 Å². The van der Waals surface area contributed by atoms with Crippen LogP contribution in [0, 0.1) is 0 Å². The number of halogens is 2. The molecule has 9 heteroatoms. The number of amides is 1. The van der Waals surface area contributed by atoms with Gasteiger partial charge in [0.05, 0.1) is 5.69 Å². The largest absolute Gasteiger partial charge is 0.485 e. The van der Waals surface area contributed by atoms with E-state index in [1.807, 2.05) is 12.1 Å². The Bertz CT molecular complexity index is 976. The van der Waals surface area contributed by atoms with E-state index in [0.717, 1.165) is 0 Å². The fourth-order valence-electron chi connectivity index (χ4n) is 2.51. The standard InChI is InChI=1S/C17H12Cl2N4O3/c18-14-15(19)23(9-21-14)16-10(4-3-7-20-16)22-17(24)13-8-25-11-5-1-2-6-12(11)26-13/h1-7,9,13H,8H2,(H,22,24)/t13-/m1/s1. The van der Waals surface area contributed by atoms with Gasteiger partial charge in [-0.1, -0.05) is 35.3 Å². The van der Waals surface area contributed by atoms with Crippen molar-refractivity contribution in [3.05, 3.63) is 59.2 Å². The summed E-state index contributed by atoms with van der Waals surface area (Å²) in [7, 11) is 0. The summed E-state index contributed by atoms with van der Waals surface area (Å²) in [4.78, 5) is 20.8. The summed E-state index contributed by atoms with van der Waals surface area (Å²) >= 11 is 12.0. The van der Waals surface area contributed by atoms with E-state index in [2.05, 4.69) is 15.3 Å². The zero-order valence-corrected chi connectivity index (χ0v) is 14.7. The number of benzene rings is 1. The topological polar surface area (TPSA) is 78.3 Å². The van der Waals surface area contributed by atoms with Gasteiger partial charge in [0.1, 0.15) is 12.9 Å². The van der Waals surface area contributed by atoms with E-state index in [4.69, 9.17) is 32.7 Å². The van der Waals surface area contributed by atoms with Crippen LogP contribution in [0.5, 0.6) is 11.5 Å². The summed E-state index contributed by atoms with van der Waals surface area (Å²) in [6.45, 7) is 0.107. The zero-order valence-electron chi connectivity index (χ0n) is 13.2. The number of ether oxygens (including phenoxy) is 2. The molecule has 0 saturated carbocycles. The fourth-order valence-corrected chi connectivity index (χ4v) is 2.82. The lowest BCUT2D eigenvalue weighted by Crippen LogP contribution is -2.40. The first-order valence-corrected chi connectivity index (χ1v) is 8.42. The van der Waals surface area contributed by atoms with Gasteiger partial charge in [-0.3, -0.25) is 9.36 Å². The van der Waals surface area contributed by atoms with Crippen molar-refractivity contribution in [2.45, 2.75) is 6.10 Å². The molecule has 1 atom stereocenters. The third-order valence-electron chi connectivity index (χ3n) is 3.74. The van der Waals surface area contributed by atoms with E-state index in [9.17, 15) is 4.79 Å². The molecule has 2 aromatic heterocycles. The molecule has 1 N–H and O–H groups in total. The molecule has 132 valence electrons. The maximum Gasteiger partial charge on any atom is 0.269 e. The van der Waals surface area contributed by atoms with Gasteiger partial charge in [0, 0.05) is 6.20 Å². The number of para-hydroxylation sites is 2. The van der Waals surface area contributed by atoms with Crippen molar-refractivity contribution in [2.75, 3.05) is 11.9 Å². The van der Waals surface area contributed by atoms with Crippen LogP contribution in [-0.4, -0.2) is 33.2 Å². The van der Waals surface area contributed by atoms with Crippen LogP contribution in [0.25, 0.3) is 5.82 Å². The summed E-state index contributed by atoms with van der Waals surface area (Å²) in [5.74, 6) is 1.16. The van der Waals surface area contributed by atoms with Crippen molar-refractivity contribution in [1.29, 1.82) is 0 Å². The third kappa shape index (κ3) is 3.07. The maximum atomic E-state index is 12.6. The van der Waals surface area contributed by atoms with E-state index >= 15 is 0 Å². The van der Waals surface area contributed by atoms with Gasteiger partial charge in [-0.15, -0.1) is 0 Å². The molecule has 1 amide bonds. The maximum absolute atomic E-state index is 12.6. The van der Waals surface area contributed by atoms with Crippen LogP contribution in [0.15, 0.2) is 48.9 Å². The highest BCUT2D eigenvalue weighted by Gasteiger charge is 2.28. The summed E-state index contributed by atoms with van der Waals surface area (Å²) in [6.07, 6.45) is 2.21. The molecule has 3 heterocycles. The molecule has 0 radical (unpaired) electrons. The number of carbonyl (C=O) groups is 1. The number of nitrogens with one attached hydrogen (secondary N) is 1. The minimum Gasteiger partial charge on any atom is -0.485 e. The molecule has 0 bridgehead atoms. The number of pyridine rings is 1. The highest BCUT2D eigenvalue weighted by molar-refractivity contribution is 6.40. The molecule has 3 aromatic rings. The molecule has 26 heavy (non-hydrogen) atoms. The highest BCUT2D eigenvalue weighted by Crippen LogP contribution is 2.31. The van der Waals surface area contributed by atoms with Crippen LogP contribution in [0.3, 0.4) is 0 Å². The number of carbonyl (C=O) groups excluding carboxylic acids is 1. The lowest BCUT2D eigenvalue weighted by Gasteiger charge is -2.25. The molecule has 4 rings (SSSR count). The van der Waals surface area contributed by atoms with E-state index in [0.29, 0.717) is 23.0 Å². The number of fused-ring (bicyclic) bond motifs is 1. The molecule has 1 aliphatic rings. The first-order chi connectivity index (χ1) is 12.6. The number of aromatic nitrogens is 3. The second kappa shape index (κ2) is 6.86. The SMILES string of the molecule is O=C(Nc1cccnc1-n1cnc(Cl)c1Cl)[C@H]1COc2ccccc2O1. The average molecular weight is 391 g/mol. The van der Waals surface area contributed by atoms with Crippen molar-refractivity contribution in [3.8, 4) is 17.3 Å². The second-order valence-corrected chi connectivity index (χ2v) is 6.14. The molecular formula is C17H12Cl2N4O3. The van der Waals surface area contributed by atoms with Gasteiger partial charge in [-0.05, 0) is 24.3 Å². The Morgan fingerprint density at radius 1 is 1.15 bits per heavy atom. The van der Waals surface area contributed by atoms with Gasteiger partial charge in [0.15, 0.2) is 27.6 Å². The Balaban J connectivity index is 1.57. The number of hydrogen-bond acceptors (Lipinski definition) is 5. The smallest absolute Gasteiger partial charge is 0.269 e. The summed E-state index contributed by atoms with van der Waals surface area (Å²) in [6, 6.07) is 10.6. The summed E-state index contributed by atoms with van der Waals surface area (Å²) in [5, 5.41) is 3.14. The van der Waals surface area contributed by atoms with Crippen LogP contribution in [0.2, 0.25) is 10.3 Å². The molecule has 1 aromatic carbocycles. The number of anilines is 1. The van der Waals surface area contributed by atoms with Gasteiger partial charge in [-0.2, -0.15) is 0 Å². The van der Waals surface area contributed by atoms with Gasteiger partial charge in [0.2, 0.25) is 6.10 Å². The number of hydrogen-bond donors (Lipinski definition) is 1. The Kier molecular flexibility index (Phi) is 4.40. The molecule has 0 spiro atoms. The lowest BCUT2D eigenvalue weighted by molar-refractivity contribution is -0.125. The first kappa shape index (κ1) is 16.7. The van der Waals surface area contributed by atoms with Gasteiger partial charge in [-0.25, -0.2) is 9.97 Å². The summed E-state index contributed by atoms with van der Waals surface area (Å²) < 4.78 is 12.8. The van der Waals surface area contributed by atoms with Gasteiger partial charge in [0.25, 0.3) is 5.91 Å². The molecule has 0 fully saturated rings. The molecule has 7 nitrogen and oxygen atoms in total. The van der Waals surface area contributed by atoms with Crippen LogP contribution in [-0.2, 0) is 4.79 Å². The van der Waals surface area contributed by atoms with E-state index in [-0.39, 0.29) is 22.8 Å². The lowest BCUT2D eigenvalue weighted by atomic mass is 10.2. The minimum atomic E-state index is -0.792. The van der Waals surface area contributed by atoms with Crippen molar-refractivity contribution in [3.63, 3.8) is 0 Å². The zero-order chi connectivity index (χ0) is 18.1. The van der Waals surface area contributed by atoms with E-state index in [1.165, 1.54) is 10.9 Å². The van der Waals surface area contributed by atoms with Crippen molar-refractivity contribution in [2.24, 2.45) is 0 Å². The Morgan fingerprint density at radius 3 is 2.73 bits per heavy atom. The molecular weight excluding hydrogens is 379 g/mol. The quantitative estimate of drug-likeness (QED) is 0.741. The van der Waals surface area contributed by atoms with Crippen molar-refractivity contribution >= 4 is 34.8 Å². The Hall–Kier alpha value is -2.77. The van der Waals surface area contributed by atoms with Gasteiger partial charge >= 0.3 is 0 Å². The molecule has 1 aliphatic heterocycles. The molecule has 0 saturated heterocycles. The normalized spacial score (nSPS) is 15.5. The fraction of sp³-hybridized carbons (Fsp3) is 0.118. The summed E-state index contributed by atoms with van der Waals surface area (Å²) in [5.41, 5.74) is 0.441. The van der Waals surface area contributed by atoms with Gasteiger partial charge < -0.3 is 14.8 Å². The highest BCUT2D eigenvalue weighted by atomic mass is 35.5. The third-order valence-corrected chi connectivity index (χ3v) is 4.48. The van der Waals surface area contributed by atoms with E-state index < -0.39 is 6.10 Å². The van der Waals surface area contributed by atoms with Crippen molar-refractivity contribution in [1.82, 2.24) is 14.5 Å². The Labute approximate surface area is 158 Å². The predicted octanol–water partition coefficient (Wildman–Crippen LogP) is 3.35. The number of nitrogens with zero attached hydrogens (tertiary/aromatic N) is 3. The van der Waals surface area contributed by atoms with Crippen LogP contribution >= 0.6 is 23.2 Å². The minimum absolute atomic E-state index is 0.107. The Morgan fingerprint density at radius 2 is 1.96 bits per heavy atom. The van der Waals surface area contributed by atoms with Crippen LogP contribution < -0.4 is 14.8 Å². The number of rotatable bonds is 3. The monoisotopic (exact) mass is 390 g/mol. The van der Waals surface area contributed by atoms with Crippen molar-refractivity contribution < 1.29 is 14.3 Å². The van der Waals surface area contributed by atoms with Crippen LogP contribution in [0.1, 0.15) is 0 Å². The van der Waals surface area contributed by atoms with E-state index in [1.54, 1.807) is 30.5 Å². The second-order valence-electron chi connectivity index (χ2n) is 5.42. The first-order valence-electron chi connectivity index (χ1n) is 7.66. The predicted molar refractivity (Wildman–Crippen MR) is 96.4 cm³/mol. The molecule has 0 aliphatic carbocycles.